The first-order valence-corrected chi connectivity index (χ1v) is 14.5. The van der Waals surface area contributed by atoms with Crippen molar-refractivity contribution >= 4 is 87.4 Å². The Morgan fingerprint density at radius 2 is 1.13 bits per heavy atom. The van der Waals surface area contributed by atoms with Crippen molar-refractivity contribution in [2.75, 3.05) is 24.6 Å². The van der Waals surface area contributed by atoms with Crippen LogP contribution >= 0.6 is 63.7 Å². The van der Waals surface area contributed by atoms with Crippen LogP contribution in [0.2, 0.25) is 0 Å². The van der Waals surface area contributed by atoms with Crippen LogP contribution in [0, 0.1) is 11.8 Å². The Balaban J connectivity index is 1.40. The number of nitrogens with zero attached hydrogens (tertiary/aromatic N) is 2. The van der Waals surface area contributed by atoms with E-state index in [0.29, 0.717) is 45.6 Å². The van der Waals surface area contributed by atoms with Crippen molar-refractivity contribution in [2.24, 2.45) is 11.8 Å². The predicted octanol–water partition coefficient (Wildman–Crippen LogP) is 3.98. The highest BCUT2D eigenvalue weighted by atomic mass is 79.9. The molecule has 4 heterocycles. The molecule has 2 amide bonds. The Morgan fingerprint density at radius 1 is 0.737 bits per heavy atom. The number of nitrogen functional groups attached to an aromatic ring is 2. The molecule has 0 aromatic carbocycles. The topological polar surface area (TPSA) is 199 Å². The molecule has 200 valence electrons. The lowest BCUT2D eigenvalue weighted by Gasteiger charge is -2.51. The third kappa shape index (κ3) is 5.31. The number of aromatic amines is 4. The number of rotatable bonds is 8. The monoisotopic (exact) mass is 774 g/mol. The Hall–Kier alpha value is -2.56. The summed E-state index contributed by atoms with van der Waals surface area (Å²) < 4.78 is 2.85. The fraction of sp³-hybridized carbons (Fsp3) is 0.273. The van der Waals surface area contributed by atoms with Crippen LogP contribution in [0.4, 0.5) is 11.9 Å². The molecule has 4 atom stereocenters. The summed E-state index contributed by atoms with van der Waals surface area (Å²) in [5.41, 5.74) is 14.3. The molecule has 0 aliphatic heterocycles. The fourth-order valence-electron chi connectivity index (χ4n) is 5.03. The second-order valence-electron chi connectivity index (χ2n) is 8.94. The van der Waals surface area contributed by atoms with E-state index in [1.54, 1.807) is 24.5 Å². The quantitative estimate of drug-likeness (QED) is 0.133. The molecule has 0 radical (unpaired) electrons. The molecule has 1 aliphatic carbocycles. The summed E-state index contributed by atoms with van der Waals surface area (Å²) in [7, 11) is 0. The summed E-state index contributed by atoms with van der Waals surface area (Å²) >= 11 is 13.5. The zero-order valence-electron chi connectivity index (χ0n) is 19.4. The van der Waals surface area contributed by atoms with Gasteiger partial charge < -0.3 is 42.0 Å². The van der Waals surface area contributed by atoms with E-state index in [1.165, 1.54) is 0 Å². The maximum Gasteiger partial charge on any atom is 0.267 e. The molecular weight excluding hydrogens is 756 g/mol. The highest BCUT2D eigenvalue weighted by molar-refractivity contribution is 9.13. The summed E-state index contributed by atoms with van der Waals surface area (Å²) in [5, 5.41) is 6.05. The number of aromatic nitrogens is 6. The standard InChI is InChI=1S/C22H22Br4N10O2/c23-9-1-11(33-17(9)25)19(37)29-3-7-8(4-30-20(38)12-2-10(24)18(26)34-12)16(14-6-32-22(28)36-14)15(7)13-5-31-21(27)35-13/h1-2,5-8,15-16,33-34H,3-4H2,(H,29,37)(H,30,38)(H3,27,31,35)(H3,28,32,36)/t7-,8-,15-,16-/m1/s1. The average molecular weight is 778 g/mol. The number of H-pyrrole nitrogens is 4. The Morgan fingerprint density at radius 3 is 1.42 bits per heavy atom. The molecule has 4 aromatic rings. The predicted molar refractivity (Wildman–Crippen MR) is 156 cm³/mol. The van der Waals surface area contributed by atoms with Gasteiger partial charge in [-0.2, -0.15) is 0 Å². The first-order chi connectivity index (χ1) is 18.1. The number of halogens is 4. The molecule has 0 bridgehead atoms. The lowest BCUT2D eigenvalue weighted by Crippen LogP contribution is -2.53. The minimum Gasteiger partial charge on any atom is -0.369 e. The highest BCUT2D eigenvalue weighted by Gasteiger charge is 2.53. The van der Waals surface area contributed by atoms with E-state index in [0.717, 1.165) is 20.3 Å². The average Bonchev–Trinajstić information content (AvgIpc) is 3.63. The number of amides is 2. The molecule has 16 heteroatoms. The number of hydrogen-bond acceptors (Lipinski definition) is 6. The number of carbonyl (C=O) groups excluding carboxylic acids is 2. The van der Waals surface area contributed by atoms with E-state index in [1.807, 2.05) is 0 Å². The van der Waals surface area contributed by atoms with Crippen LogP contribution in [0.5, 0.6) is 0 Å². The molecular formula is C22H22Br4N10O2. The molecule has 0 spiro atoms. The normalized spacial score (nSPS) is 20.7. The molecule has 10 N–H and O–H groups in total. The van der Waals surface area contributed by atoms with E-state index < -0.39 is 0 Å². The largest absolute Gasteiger partial charge is 0.369 e. The number of carbonyl (C=O) groups is 2. The number of anilines is 2. The molecule has 5 rings (SSSR count). The fourth-order valence-corrected chi connectivity index (χ4v) is 6.34. The first-order valence-electron chi connectivity index (χ1n) is 11.4. The maximum absolute atomic E-state index is 12.9. The molecule has 0 unspecified atom stereocenters. The lowest BCUT2D eigenvalue weighted by molar-refractivity contribution is 0.0674. The Bertz CT molecular complexity index is 1340. The first kappa shape index (κ1) is 27.0. The molecule has 1 fully saturated rings. The van der Waals surface area contributed by atoms with Crippen LogP contribution in [0.1, 0.15) is 44.2 Å². The second-order valence-corrected chi connectivity index (χ2v) is 12.2. The van der Waals surface area contributed by atoms with Crippen molar-refractivity contribution in [1.29, 1.82) is 0 Å². The van der Waals surface area contributed by atoms with Crippen LogP contribution in [-0.4, -0.2) is 54.8 Å². The van der Waals surface area contributed by atoms with Crippen molar-refractivity contribution in [3.05, 3.63) is 65.5 Å². The van der Waals surface area contributed by atoms with E-state index in [9.17, 15) is 9.59 Å². The molecule has 1 saturated carbocycles. The third-order valence-electron chi connectivity index (χ3n) is 6.74. The van der Waals surface area contributed by atoms with E-state index in [-0.39, 0.29) is 35.5 Å². The summed E-state index contributed by atoms with van der Waals surface area (Å²) in [6.45, 7) is 0.688. The van der Waals surface area contributed by atoms with Gasteiger partial charge in [0.2, 0.25) is 0 Å². The van der Waals surface area contributed by atoms with Gasteiger partial charge in [0.25, 0.3) is 11.8 Å². The highest BCUT2D eigenvalue weighted by Crippen LogP contribution is 2.56. The van der Waals surface area contributed by atoms with Crippen LogP contribution in [-0.2, 0) is 0 Å². The number of nitrogens with two attached hydrogens (primary N) is 2. The van der Waals surface area contributed by atoms with Crippen molar-refractivity contribution < 1.29 is 9.59 Å². The SMILES string of the molecule is Nc1ncc([C@H]2[C@H](CNC(=O)c3cc(Br)c(Br)[nH]3)[C@@H](CNC(=O)c3cc(Br)c(Br)[nH]3)[C@@H]2c2cnc(N)[nH]2)[nH]1. The third-order valence-corrected chi connectivity index (χ3v) is 10.3. The van der Waals surface area contributed by atoms with Gasteiger partial charge >= 0.3 is 0 Å². The Kier molecular flexibility index (Phi) is 7.75. The lowest BCUT2D eigenvalue weighted by atomic mass is 9.54. The summed E-state index contributed by atoms with van der Waals surface area (Å²) in [6, 6.07) is 3.40. The zero-order chi connectivity index (χ0) is 27.1. The maximum atomic E-state index is 12.9. The van der Waals surface area contributed by atoms with Gasteiger partial charge in [-0.1, -0.05) is 0 Å². The molecule has 4 aromatic heterocycles. The van der Waals surface area contributed by atoms with Crippen LogP contribution in [0.25, 0.3) is 0 Å². The van der Waals surface area contributed by atoms with Crippen molar-refractivity contribution in [3.8, 4) is 0 Å². The van der Waals surface area contributed by atoms with E-state index in [4.69, 9.17) is 11.5 Å². The van der Waals surface area contributed by atoms with Gasteiger partial charge in [-0.15, -0.1) is 0 Å². The van der Waals surface area contributed by atoms with Gasteiger partial charge in [-0.3, -0.25) is 9.59 Å². The molecule has 38 heavy (non-hydrogen) atoms. The van der Waals surface area contributed by atoms with Gasteiger partial charge in [0.05, 0.1) is 30.5 Å². The van der Waals surface area contributed by atoms with Crippen LogP contribution < -0.4 is 22.1 Å². The van der Waals surface area contributed by atoms with Gasteiger partial charge in [-0.05, 0) is 87.7 Å². The van der Waals surface area contributed by atoms with Crippen LogP contribution in [0.3, 0.4) is 0 Å². The molecule has 0 saturated heterocycles. The summed E-state index contributed by atoms with van der Waals surface area (Å²) in [4.78, 5) is 46.4. The van der Waals surface area contributed by atoms with Gasteiger partial charge in [0, 0.05) is 36.3 Å². The van der Waals surface area contributed by atoms with E-state index in [2.05, 4.69) is 104 Å². The van der Waals surface area contributed by atoms with Crippen molar-refractivity contribution in [1.82, 2.24) is 40.5 Å². The van der Waals surface area contributed by atoms with Crippen molar-refractivity contribution in [2.45, 2.75) is 11.8 Å². The van der Waals surface area contributed by atoms with E-state index >= 15 is 0 Å². The van der Waals surface area contributed by atoms with Crippen LogP contribution in [0.15, 0.2) is 42.7 Å². The van der Waals surface area contributed by atoms with Crippen molar-refractivity contribution in [3.63, 3.8) is 0 Å². The minimum absolute atomic E-state index is 0.0717. The van der Waals surface area contributed by atoms with Gasteiger partial charge in [0.15, 0.2) is 11.9 Å². The smallest absolute Gasteiger partial charge is 0.267 e. The number of hydrogen-bond donors (Lipinski definition) is 8. The summed E-state index contributed by atoms with van der Waals surface area (Å²) in [5.74, 6) is -0.252. The molecule has 1 aliphatic rings. The zero-order valence-corrected chi connectivity index (χ0v) is 25.8. The summed E-state index contributed by atoms with van der Waals surface area (Å²) in [6.07, 6.45) is 3.40. The minimum atomic E-state index is -0.252. The molecule has 12 nitrogen and oxygen atoms in total. The van der Waals surface area contributed by atoms with Gasteiger partial charge in [-0.25, -0.2) is 9.97 Å². The Labute approximate surface area is 249 Å². The number of nitrogens with one attached hydrogen (secondary N) is 6. The number of imidazole rings is 2. The second kappa shape index (κ2) is 10.9. The van der Waals surface area contributed by atoms with Gasteiger partial charge in [0.1, 0.15) is 11.4 Å².